The van der Waals surface area contributed by atoms with Crippen LogP contribution < -0.4 is 0 Å². The molecule has 0 aromatic carbocycles. The molecule has 1 saturated heterocycles. The molecule has 5 atom stereocenters. The Morgan fingerprint density at radius 1 is 1.50 bits per heavy atom. The third-order valence-electron chi connectivity index (χ3n) is 2.45. The summed E-state index contributed by atoms with van der Waals surface area (Å²) in [5.74, 6) is -4.42. The van der Waals surface area contributed by atoms with Gasteiger partial charge in [-0.05, 0) is 0 Å². The molecular formula is C8H14O8. The van der Waals surface area contributed by atoms with Gasteiger partial charge in [-0.3, -0.25) is 0 Å². The maximum absolute atomic E-state index is 10.7. The van der Waals surface area contributed by atoms with Gasteiger partial charge in [0, 0.05) is 6.42 Å². The maximum Gasteiger partial charge on any atom is 0.364 e. The molecule has 1 rings (SSSR count). The monoisotopic (exact) mass is 238 g/mol. The van der Waals surface area contributed by atoms with E-state index in [2.05, 4.69) is 4.74 Å². The number of hydrogen-bond donors (Lipinski definition) is 6. The minimum atomic E-state index is -2.68. The van der Waals surface area contributed by atoms with Crippen LogP contribution in [-0.2, 0) is 9.53 Å². The van der Waals surface area contributed by atoms with Gasteiger partial charge >= 0.3 is 5.97 Å². The normalized spacial score (nSPS) is 41.7. The van der Waals surface area contributed by atoms with E-state index in [1.54, 1.807) is 0 Å². The molecular weight excluding hydrogens is 224 g/mol. The Morgan fingerprint density at radius 3 is 2.50 bits per heavy atom. The summed E-state index contributed by atoms with van der Waals surface area (Å²) < 4.78 is 4.61. The summed E-state index contributed by atoms with van der Waals surface area (Å²) >= 11 is 0. The summed E-state index contributed by atoms with van der Waals surface area (Å²) in [5.41, 5.74) is 0. The lowest BCUT2D eigenvalue weighted by Gasteiger charge is -2.41. The van der Waals surface area contributed by atoms with E-state index in [1.165, 1.54) is 0 Å². The molecule has 0 amide bonds. The molecule has 0 unspecified atom stereocenters. The first-order valence-electron chi connectivity index (χ1n) is 4.60. The topological polar surface area (TPSA) is 148 Å². The van der Waals surface area contributed by atoms with Crippen molar-refractivity contribution in [3.8, 4) is 0 Å². The smallest absolute Gasteiger partial charge is 0.364 e. The van der Waals surface area contributed by atoms with E-state index in [0.29, 0.717) is 0 Å². The van der Waals surface area contributed by atoms with Gasteiger partial charge in [0.15, 0.2) is 0 Å². The highest BCUT2D eigenvalue weighted by Gasteiger charge is 2.52. The highest BCUT2D eigenvalue weighted by Crippen LogP contribution is 2.29. The number of aliphatic carboxylic acids is 1. The van der Waals surface area contributed by atoms with Crippen molar-refractivity contribution >= 4 is 5.97 Å². The molecule has 6 N–H and O–H groups in total. The van der Waals surface area contributed by atoms with Crippen molar-refractivity contribution in [1.82, 2.24) is 0 Å². The molecule has 0 bridgehead atoms. The Labute approximate surface area is 90.3 Å². The Kier molecular flexibility index (Phi) is 3.84. The second-order valence-electron chi connectivity index (χ2n) is 3.68. The molecule has 16 heavy (non-hydrogen) atoms. The Bertz CT molecular complexity index is 269. The predicted octanol–water partition coefficient (Wildman–Crippen LogP) is -3.38. The van der Waals surface area contributed by atoms with Crippen molar-refractivity contribution in [2.75, 3.05) is 6.61 Å². The molecule has 0 spiro atoms. The Hall–Kier alpha value is -0.770. The van der Waals surface area contributed by atoms with Crippen molar-refractivity contribution in [3.05, 3.63) is 0 Å². The number of carboxylic acids is 1. The van der Waals surface area contributed by atoms with Gasteiger partial charge in [-0.2, -0.15) is 0 Å². The minimum Gasteiger partial charge on any atom is -0.477 e. The summed E-state index contributed by atoms with van der Waals surface area (Å²) in [7, 11) is 0. The molecule has 0 aromatic rings. The zero-order valence-corrected chi connectivity index (χ0v) is 8.22. The number of ether oxygens (including phenoxy) is 1. The van der Waals surface area contributed by atoms with Gasteiger partial charge in [-0.1, -0.05) is 0 Å². The summed E-state index contributed by atoms with van der Waals surface area (Å²) in [6, 6.07) is 0. The van der Waals surface area contributed by atoms with Gasteiger partial charge in [0.1, 0.15) is 18.3 Å². The summed E-state index contributed by atoms with van der Waals surface area (Å²) in [4.78, 5) is 10.7. The maximum atomic E-state index is 10.7. The molecule has 0 saturated carbocycles. The number of hydrogen-bond acceptors (Lipinski definition) is 7. The van der Waals surface area contributed by atoms with Crippen molar-refractivity contribution in [3.63, 3.8) is 0 Å². The number of rotatable bonds is 3. The van der Waals surface area contributed by atoms with E-state index in [-0.39, 0.29) is 0 Å². The van der Waals surface area contributed by atoms with E-state index in [9.17, 15) is 25.2 Å². The molecule has 1 aliphatic heterocycles. The fraction of sp³-hybridized carbons (Fsp3) is 0.875. The molecule has 0 aliphatic carbocycles. The van der Waals surface area contributed by atoms with Crippen LogP contribution in [0.5, 0.6) is 0 Å². The molecule has 1 aliphatic rings. The number of carbonyl (C=O) groups is 1. The van der Waals surface area contributed by atoms with E-state index in [0.717, 1.165) is 0 Å². The molecule has 8 nitrogen and oxygen atoms in total. The van der Waals surface area contributed by atoms with E-state index < -0.39 is 49.2 Å². The van der Waals surface area contributed by atoms with Crippen LogP contribution in [0.25, 0.3) is 0 Å². The van der Waals surface area contributed by atoms with Crippen LogP contribution in [0, 0.1) is 0 Å². The van der Waals surface area contributed by atoms with Crippen LogP contribution in [0.15, 0.2) is 0 Å². The first-order chi connectivity index (χ1) is 7.31. The predicted molar refractivity (Wildman–Crippen MR) is 47.2 cm³/mol. The number of carboxylic acid groups (broad SMARTS) is 1. The van der Waals surface area contributed by atoms with Gasteiger partial charge in [0.2, 0.25) is 0 Å². The van der Waals surface area contributed by atoms with Crippen molar-refractivity contribution in [2.24, 2.45) is 0 Å². The quantitative estimate of drug-likeness (QED) is 0.298. The second kappa shape index (κ2) is 4.62. The molecule has 1 fully saturated rings. The molecule has 8 heteroatoms. The fourth-order valence-corrected chi connectivity index (χ4v) is 1.51. The lowest BCUT2D eigenvalue weighted by Crippen LogP contribution is -2.61. The first kappa shape index (κ1) is 13.3. The lowest BCUT2D eigenvalue weighted by atomic mass is 9.93. The summed E-state index contributed by atoms with van der Waals surface area (Å²) in [6.07, 6.45) is -7.05. The third kappa shape index (κ3) is 2.32. The zero-order valence-electron chi connectivity index (χ0n) is 8.22. The molecule has 0 radical (unpaired) electrons. The number of aliphatic hydroxyl groups excluding tert-OH is 4. The van der Waals surface area contributed by atoms with Crippen LogP contribution in [0.3, 0.4) is 0 Å². The van der Waals surface area contributed by atoms with Crippen molar-refractivity contribution in [1.29, 1.82) is 0 Å². The highest BCUT2D eigenvalue weighted by molar-refractivity contribution is 5.75. The van der Waals surface area contributed by atoms with Crippen LogP contribution in [0.4, 0.5) is 0 Å². The second-order valence-corrected chi connectivity index (χ2v) is 3.68. The van der Waals surface area contributed by atoms with Crippen LogP contribution in [0.1, 0.15) is 6.42 Å². The standard InChI is InChI=1S/C8H14O8/c9-2-4(11)6-5(12)3(10)1-8(15,16-6)7(13)14/h3-6,9-12,15H,1-2H2,(H,13,14)/t3-,4+,5-,6-,8-/m1/s1. The van der Waals surface area contributed by atoms with Gasteiger partial charge in [0.25, 0.3) is 5.79 Å². The van der Waals surface area contributed by atoms with Crippen LogP contribution >= 0.6 is 0 Å². The number of aliphatic hydroxyl groups is 5. The van der Waals surface area contributed by atoms with Crippen LogP contribution in [-0.4, -0.2) is 73.4 Å². The fourth-order valence-electron chi connectivity index (χ4n) is 1.51. The van der Waals surface area contributed by atoms with Gasteiger partial charge in [-0.15, -0.1) is 0 Å². The van der Waals surface area contributed by atoms with E-state index in [1.807, 2.05) is 0 Å². The Morgan fingerprint density at radius 2 is 2.06 bits per heavy atom. The average Bonchev–Trinajstić information content (AvgIpc) is 2.22. The average molecular weight is 238 g/mol. The van der Waals surface area contributed by atoms with Crippen molar-refractivity contribution in [2.45, 2.75) is 36.6 Å². The van der Waals surface area contributed by atoms with E-state index >= 15 is 0 Å². The molecule has 0 aromatic heterocycles. The zero-order chi connectivity index (χ0) is 12.5. The molecule has 94 valence electrons. The summed E-state index contributed by atoms with van der Waals surface area (Å²) in [5, 5.41) is 54.7. The SMILES string of the molecule is O=C(O)[C@@]1(O)C[C@@H](O)[C@@H](O)[C@@H]([C@@H](O)CO)O1. The van der Waals surface area contributed by atoms with Crippen LogP contribution in [0.2, 0.25) is 0 Å². The molecule has 1 heterocycles. The lowest BCUT2D eigenvalue weighted by molar-refractivity contribution is -0.308. The Balaban J connectivity index is 2.89. The minimum absolute atomic E-state index is 0.724. The van der Waals surface area contributed by atoms with Gasteiger partial charge < -0.3 is 35.4 Å². The summed E-state index contributed by atoms with van der Waals surface area (Å²) in [6.45, 7) is -0.801. The largest absolute Gasteiger partial charge is 0.477 e. The van der Waals surface area contributed by atoms with Crippen molar-refractivity contribution < 1.29 is 40.2 Å². The van der Waals surface area contributed by atoms with Gasteiger partial charge in [0.05, 0.1) is 12.7 Å². The third-order valence-corrected chi connectivity index (χ3v) is 2.45. The first-order valence-corrected chi connectivity index (χ1v) is 4.60. The van der Waals surface area contributed by atoms with Gasteiger partial charge in [-0.25, -0.2) is 4.79 Å². The highest BCUT2D eigenvalue weighted by atomic mass is 16.7. The van der Waals surface area contributed by atoms with E-state index in [4.69, 9.17) is 10.2 Å².